The number of aliphatic hydroxyl groups excluding tert-OH is 2. The molecule has 26 heavy (non-hydrogen) atoms. The van der Waals surface area contributed by atoms with E-state index < -0.39 is 21.3 Å². The standard InChI is InChI=1S/C16H32O5S.C2H6O2/c1-2-3-4-5-6-7-8-9-10-11-12-13-14-15(16(17)18)22(19,20)21;3-1-2-4/h15H,2-14H2,1H3,(H,17,18)(H,19,20,21);3-4H,1-2H2. The Kier molecular flexibility index (Phi) is 20.2. The fourth-order valence-corrected chi connectivity index (χ4v) is 3.29. The van der Waals surface area contributed by atoms with Crippen LogP contribution in [0.2, 0.25) is 0 Å². The first-order valence-corrected chi connectivity index (χ1v) is 11.2. The van der Waals surface area contributed by atoms with Crippen LogP contribution in [0.1, 0.15) is 90.4 Å². The van der Waals surface area contributed by atoms with Gasteiger partial charge in [0, 0.05) is 0 Å². The summed E-state index contributed by atoms with van der Waals surface area (Å²) in [4.78, 5) is 10.7. The lowest BCUT2D eigenvalue weighted by molar-refractivity contribution is -0.136. The van der Waals surface area contributed by atoms with Gasteiger partial charge in [0.25, 0.3) is 10.1 Å². The first-order valence-electron chi connectivity index (χ1n) is 9.72. The number of aliphatic hydroxyl groups is 2. The first-order chi connectivity index (χ1) is 12.3. The lowest BCUT2D eigenvalue weighted by atomic mass is 10.0. The lowest BCUT2D eigenvalue weighted by Crippen LogP contribution is -2.29. The summed E-state index contributed by atoms with van der Waals surface area (Å²) in [6, 6.07) is 0. The molecule has 0 fully saturated rings. The van der Waals surface area contributed by atoms with Crippen molar-refractivity contribution in [3.8, 4) is 0 Å². The molecule has 0 saturated carbocycles. The highest BCUT2D eigenvalue weighted by atomic mass is 32.2. The smallest absolute Gasteiger partial charge is 0.324 e. The van der Waals surface area contributed by atoms with Crippen LogP contribution in [-0.2, 0) is 14.9 Å². The van der Waals surface area contributed by atoms with Crippen molar-refractivity contribution in [1.29, 1.82) is 0 Å². The van der Waals surface area contributed by atoms with Gasteiger partial charge in [-0.05, 0) is 6.42 Å². The zero-order valence-electron chi connectivity index (χ0n) is 16.1. The van der Waals surface area contributed by atoms with Crippen molar-refractivity contribution >= 4 is 16.1 Å². The molecule has 0 aromatic rings. The number of hydrogen-bond donors (Lipinski definition) is 4. The molecule has 0 aromatic carbocycles. The summed E-state index contributed by atoms with van der Waals surface area (Å²) in [5, 5.41) is 22.3. The molecule has 158 valence electrons. The van der Waals surface area contributed by atoms with Crippen LogP contribution in [0.25, 0.3) is 0 Å². The van der Waals surface area contributed by atoms with E-state index in [1.165, 1.54) is 51.4 Å². The van der Waals surface area contributed by atoms with Crippen LogP contribution in [0.5, 0.6) is 0 Å². The molecule has 4 N–H and O–H groups in total. The summed E-state index contributed by atoms with van der Waals surface area (Å²) in [5.41, 5.74) is 0. The first kappa shape index (κ1) is 27.5. The molecule has 0 bridgehead atoms. The monoisotopic (exact) mass is 398 g/mol. The van der Waals surface area contributed by atoms with Crippen molar-refractivity contribution in [1.82, 2.24) is 0 Å². The van der Waals surface area contributed by atoms with Gasteiger partial charge in [0.1, 0.15) is 0 Å². The summed E-state index contributed by atoms with van der Waals surface area (Å²) in [5.74, 6) is -1.47. The molecule has 0 aliphatic heterocycles. The molecule has 1 atom stereocenters. The van der Waals surface area contributed by atoms with Gasteiger partial charge in [-0.3, -0.25) is 9.35 Å². The van der Waals surface area contributed by atoms with Gasteiger partial charge in [-0.2, -0.15) is 8.42 Å². The van der Waals surface area contributed by atoms with Crippen molar-refractivity contribution in [2.45, 2.75) is 95.6 Å². The minimum atomic E-state index is -4.48. The Bertz CT molecular complexity index is 408. The number of hydrogen-bond acceptors (Lipinski definition) is 5. The Labute approximate surface area is 158 Å². The van der Waals surface area contributed by atoms with Crippen molar-refractivity contribution in [2.75, 3.05) is 13.2 Å². The van der Waals surface area contributed by atoms with E-state index in [-0.39, 0.29) is 19.6 Å². The normalized spacial score (nSPS) is 12.3. The Morgan fingerprint density at radius 2 is 1.12 bits per heavy atom. The van der Waals surface area contributed by atoms with Gasteiger partial charge in [-0.25, -0.2) is 0 Å². The van der Waals surface area contributed by atoms with Gasteiger partial charge >= 0.3 is 5.97 Å². The van der Waals surface area contributed by atoms with E-state index in [0.717, 1.165) is 19.3 Å². The van der Waals surface area contributed by atoms with E-state index in [1.807, 2.05) is 0 Å². The van der Waals surface area contributed by atoms with Crippen LogP contribution in [0, 0.1) is 0 Å². The number of aliphatic carboxylic acids is 1. The number of unbranched alkanes of at least 4 members (excludes halogenated alkanes) is 11. The highest BCUT2D eigenvalue weighted by Crippen LogP contribution is 2.15. The Morgan fingerprint density at radius 3 is 1.38 bits per heavy atom. The Hall–Kier alpha value is -0.700. The zero-order valence-corrected chi connectivity index (χ0v) is 16.9. The second-order valence-electron chi connectivity index (χ2n) is 6.47. The molecule has 0 aliphatic rings. The van der Waals surface area contributed by atoms with Gasteiger partial charge in [0.2, 0.25) is 0 Å². The topological polar surface area (TPSA) is 132 Å². The van der Waals surface area contributed by atoms with Crippen LogP contribution >= 0.6 is 0 Å². The van der Waals surface area contributed by atoms with Gasteiger partial charge in [0.05, 0.1) is 13.2 Å². The Balaban J connectivity index is 0. The molecule has 0 amide bonds. The molecule has 0 aromatic heterocycles. The third kappa shape index (κ3) is 19.6. The maximum absolute atomic E-state index is 10.9. The Morgan fingerprint density at radius 1 is 0.769 bits per heavy atom. The van der Waals surface area contributed by atoms with E-state index in [9.17, 15) is 13.2 Å². The third-order valence-electron chi connectivity index (χ3n) is 4.05. The van der Waals surface area contributed by atoms with Crippen molar-refractivity contribution < 1.29 is 33.1 Å². The molecule has 0 heterocycles. The molecule has 0 spiro atoms. The average Bonchev–Trinajstić information content (AvgIpc) is 2.57. The molecule has 0 rings (SSSR count). The number of rotatable bonds is 16. The SMILES string of the molecule is CCCCCCCCCCCCCCC(C(=O)O)S(=O)(=O)O.OCCO. The molecule has 7 nitrogen and oxygen atoms in total. The fourth-order valence-electron chi connectivity index (χ4n) is 2.57. The van der Waals surface area contributed by atoms with Crippen molar-refractivity contribution in [2.24, 2.45) is 0 Å². The molecular formula is C18H38O7S. The predicted octanol–water partition coefficient (Wildman–Crippen LogP) is 3.39. The second kappa shape index (κ2) is 19.1. The zero-order chi connectivity index (χ0) is 20.3. The molecular weight excluding hydrogens is 360 g/mol. The van der Waals surface area contributed by atoms with Crippen LogP contribution in [0.4, 0.5) is 0 Å². The quantitative estimate of drug-likeness (QED) is 0.231. The minimum Gasteiger partial charge on any atom is -0.480 e. The molecule has 0 radical (unpaired) electrons. The van der Waals surface area contributed by atoms with E-state index in [0.29, 0.717) is 6.42 Å². The summed E-state index contributed by atoms with van der Waals surface area (Å²) >= 11 is 0. The highest BCUT2D eigenvalue weighted by molar-refractivity contribution is 7.87. The van der Waals surface area contributed by atoms with Crippen LogP contribution in [-0.4, -0.2) is 52.7 Å². The summed E-state index contributed by atoms with van der Waals surface area (Å²) in [7, 11) is -4.48. The van der Waals surface area contributed by atoms with Gasteiger partial charge < -0.3 is 15.3 Å². The predicted molar refractivity (Wildman–Crippen MR) is 103 cm³/mol. The summed E-state index contributed by atoms with van der Waals surface area (Å²) < 4.78 is 30.6. The fraction of sp³-hybridized carbons (Fsp3) is 0.944. The van der Waals surface area contributed by atoms with E-state index >= 15 is 0 Å². The molecule has 8 heteroatoms. The number of carbonyl (C=O) groups is 1. The molecule has 0 saturated heterocycles. The largest absolute Gasteiger partial charge is 0.480 e. The van der Waals surface area contributed by atoms with Crippen molar-refractivity contribution in [3.05, 3.63) is 0 Å². The summed E-state index contributed by atoms with van der Waals surface area (Å²) in [6.07, 6.45) is 13.8. The molecule has 1 unspecified atom stereocenters. The second-order valence-corrected chi connectivity index (χ2v) is 8.07. The maximum Gasteiger partial charge on any atom is 0.324 e. The number of carboxylic acids is 1. The van der Waals surface area contributed by atoms with Gasteiger partial charge in [-0.1, -0.05) is 84.0 Å². The maximum atomic E-state index is 10.9. The number of carboxylic acid groups (broad SMARTS) is 1. The summed E-state index contributed by atoms with van der Waals surface area (Å²) in [6.45, 7) is 1.97. The molecule has 0 aliphatic carbocycles. The van der Waals surface area contributed by atoms with E-state index in [2.05, 4.69) is 6.92 Å². The minimum absolute atomic E-state index is 0.00834. The lowest BCUT2D eigenvalue weighted by Gasteiger charge is -2.08. The highest BCUT2D eigenvalue weighted by Gasteiger charge is 2.29. The van der Waals surface area contributed by atoms with Crippen LogP contribution in [0.15, 0.2) is 0 Å². The van der Waals surface area contributed by atoms with Crippen molar-refractivity contribution in [3.63, 3.8) is 0 Å². The van der Waals surface area contributed by atoms with E-state index in [4.69, 9.17) is 19.9 Å². The average molecular weight is 399 g/mol. The van der Waals surface area contributed by atoms with Crippen LogP contribution in [0.3, 0.4) is 0 Å². The van der Waals surface area contributed by atoms with Gasteiger partial charge in [0.15, 0.2) is 5.25 Å². The third-order valence-corrected chi connectivity index (χ3v) is 5.21. The van der Waals surface area contributed by atoms with Gasteiger partial charge in [-0.15, -0.1) is 0 Å². The van der Waals surface area contributed by atoms with Crippen LogP contribution < -0.4 is 0 Å². The van der Waals surface area contributed by atoms with E-state index in [1.54, 1.807) is 0 Å².